The molecule has 6 nitrogen and oxygen atoms in total. The van der Waals surface area contributed by atoms with Crippen molar-refractivity contribution < 1.29 is 4.79 Å². The minimum atomic E-state index is -0.557. The summed E-state index contributed by atoms with van der Waals surface area (Å²) < 4.78 is 1.12. The molecular formula is C14H17N5OS. The van der Waals surface area contributed by atoms with Crippen molar-refractivity contribution in [1.29, 1.82) is 0 Å². The number of rotatable bonds is 2. The van der Waals surface area contributed by atoms with Gasteiger partial charge in [-0.3, -0.25) is 4.79 Å². The van der Waals surface area contributed by atoms with Crippen LogP contribution >= 0.6 is 11.3 Å². The van der Waals surface area contributed by atoms with Crippen molar-refractivity contribution in [3.05, 3.63) is 17.8 Å². The first kappa shape index (κ1) is 13.0. The van der Waals surface area contributed by atoms with Gasteiger partial charge in [0, 0.05) is 26.2 Å². The maximum atomic E-state index is 12.3. The number of amides is 1. The van der Waals surface area contributed by atoms with Crippen molar-refractivity contribution in [1.82, 2.24) is 14.9 Å². The number of carbonyl (C=O) groups is 1. The Morgan fingerprint density at radius 2 is 2.00 bits per heavy atom. The van der Waals surface area contributed by atoms with Gasteiger partial charge in [-0.2, -0.15) is 0 Å². The molecule has 7 heteroatoms. The van der Waals surface area contributed by atoms with Gasteiger partial charge in [0.05, 0.1) is 15.8 Å². The van der Waals surface area contributed by atoms with Gasteiger partial charge in [-0.1, -0.05) is 0 Å². The van der Waals surface area contributed by atoms with Crippen molar-refractivity contribution >= 4 is 33.3 Å². The molecule has 3 heterocycles. The van der Waals surface area contributed by atoms with Crippen LogP contribution in [0, 0.1) is 0 Å². The molecular weight excluding hydrogens is 286 g/mol. The average molecular weight is 303 g/mol. The van der Waals surface area contributed by atoms with E-state index in [1.807, 2.05) is 16.3 Å². The number of nitrogens with two attached hydrogens (primary N) is 1. The van der Waals surface area contributed by atoms with E-state index in [4.69, 9.17) is 5.73 Å². The molecule has 1 aliphatic carbocycles. The summed E-state index contributed by atoms with van der Waals surface area (Å²) in [6.07, 6.45) is 3.27. The van der Waals surface area contributed by atoms with E-state index in [-0.39, 0.29) is 5.91 Å². The smallest absolute Gasteiger partial charge is 0.242 e. The number of piperazine rings is 1. The first-order valence-electron chi connectivity index (χ1n) is 7.19. The Morgan fingerprint density at radius 3 is 2.71 bits per heavy atom. The van der Waals surface area contributed by atoms with Crippen LogP contribution in [0.2, 0.25) is 0 Å². The molecule has 0 atom stereocenters. The van der Waals surface area contributed by atoms with Gasteiger partial charge in [0.15, 0.2) is 0 Å². The van der Waals surface area contributed by atoms with E-state index in [0.29, 0.717) is 13.1 Å². The van der Waals surface area contributed by atoms with Gasteiger partial charge in [-0.05, 0) is 24.3 Å². The van der Waals surface area contributed by atoms with Crippen LogP contribution in [0.25, 0.3) is 10.2 Å². The molecule has 0 spiro atoms. The third kappa shape index (κ3) is 2.16. The topological polar surface area (TPSA) is 75.4 Å². The van der Waals surface area contributed by atoms with Crippen molar-refractivity contribution in [2.45, 2.75) is 18.4 Å². The zero-order valence-corrected chi connectivity index (χ0v) is 12.5. The van der Waals surface area contributed by atoms with Gasteiger partial charge in [0.1, 0.15) is 12.1 Å². The Bertz CT molecular complexity index is 687. The minimum absolute atomic E-state index is 0.117. The maximum absolute atomic E-state index is 12.3. The summed E-state index contributed by atoms with van der Waals surface area (Å²) in [7, 11) is 0. The molecule has 1 saturated carbocycles. The van der Waals surface area contributed by atoms with Crippen LogP contribution in [0.5, 0.6) is 0 Å². The number of thiophene rings is 1. The Morgan fingerprint density at radius 1 is 1.24 bits per heavy atom. The molecule has 0 aromatic carbocycles. The summed E-state index contributed by atoms with van der Waals surface area (Å²) in [5.41, 5.74) is 6.43. The lowest BCUT2D eigenvalue weighted by atomic mass is 10.2. The summed E-state index contributed by atoms with van der Waals surface area (Å²) in [6.45, 7) is 3.03. The fourth-order valence-corrected chi connectivity index (χ4v) is 3.65. The Labute approximate surface area is 126 Å². The predicted octanol–water partition coefficient (Wildman–Crippen LogP) is 0.831. The molecule has 1 aliphatic heterocycles. The second kappa shape index (κ2) is 4.64. The standard InChI is InChI=1S/C14H17N5OS/c15-14(2-3-14)13(20)19-6-4-18(5-7-19)12-11-10(1-8-21-11)16-9-17-12/h1,8-9H,2-7,15H2. The molecule has 21 heavy (non-hydrogen) atoms. The van der Waals surface area contributed by atoms with Gasteiger partial charge in [-0.25, -0.2) is 9.97 Å². The second-order valence-electron chi connectivity index (χ2n) is 5.77. The van der Waals surface area contributed by atoms with Crippen LogP contribution in [0.1, 0.15) is 12.8 Å². The highest BCUT2D eigenvalue weighted by molar-refractivity contribution is 7.17. The monoisotopic (exact) mass is 303 g/mol. The van der Waals surface area contributed by atoms with Gasteiger partial charge in [-0.15, -0.1) is 11.3 Å². The quantitative estimate of drug-likeness (QED) is 0.889. The van der Waals surface area contributed by atoms with E-state index in [1.54, 1.807) is 17.7 Å². The van der Waals surface area contributed by atoms with Crippen molar-refractivity contribution in [3.8, 4) is 0 Å². The fourth-order valence-electron chi connectivity index (χ4n) is 2.79. The van der Waals surface area contributed by atoms with E-state index in [1.165, 1.54) is 0 Å². The van der Waals surface area contributed by atoms with E-state index in [9.17, 15) is 4.79 Å². The first-order chi connectivity index (χ1) is 10.2. The molecule has 110 valence electrons. The summed E-state index contributed by atoms with van der Waals surface area (Å²) in [5, 5.41) is 2.04. The summed E-state index contributed by atoms with van der Waals surface area (Å²) in [6, 6.07) is 2.01. The van der Waals surface area contributed by atoms with Crippen molar-refractivity contribution in [2.75, 3.05) is 31.1 Å². The Kier molecular flexibility index (Phi) is 2.87. The zero-order chi connectivity index (χ0) is 14.4. The number of aromatic nitrogens is 2. The minimum Gasteiger partial charge on any atom is -0.352 e. The molecule has 0 radical (unpaired) electrons. The lowest BCUT2D eigenvalue weighted by Gasteiger charge is -2.36. The van der Waals surface area contributed by atoms with Gasteiger partial charge in [0.2, 0.25) is 5.91 Å². The molecule has 4 rings (SSSR count). The van der Waals surface area contributed by atoms with E-state index in [0.717, 1.165) is 42.0 Å². The van der Waals surface area contributed by atoms with Gasteiger partial charge in [0.25, 0.3) is 0 Å². The van der Waals surface area contributed by atoms with Crippen LogP contribution in [-0.2, 0) is 4.79 Å². The molecule has 2 N–H and O–H groups in total. The van der Waals surface area contributed by atoms with Crippen LogP contribution in [0.4, 0.5) is 5.82 Å². The third-order valence-electron chi connectivity index (χ3n) is 4.31. The summed E-state index contributed by atoms with van der Waals surface area (Å²) in [4.78, 5) is 25.1. The molecule has 1 amide bonds. The summed E-state index contributed by atoms with van der Waals surface area (Å²) in [5.74, 6) is 1.10. The zero-order valence-electron chi connectivity index (χ0n) is 11.7. The molecule has 2 fully saturated rings. The van der Waals surface area contributed by atoms with Crippen molar-refractivity contribution in [3.63, 3.8) is 0 Å². The highest BCUT2D eigenvalue weighted by atomic mass is 32.1. The van der Waals surface area contributed by atoms with E-state index in [2.05, 4.69) is 14.9 Å². The average Bonchev–Trinajstić information content (AvgIpc) is 3.09. The number of anilines is 1. The van der Waals surface area contributed by atoms with Gasteiger partial charge >= 0.3 is 0 Å². The number of carbonyl (C=O) groups excluding carboxylic acids is 1. The Balaban J connectivity index is 1.50. The largest absolute Gasteiger partial charge is 0.352 e. The molecule has 2 aromatic heterocycles. The number of hydrogen-bond donors (Lipinski definition) is 1. The van der Waals surface area contributed by atoms with Crippen LogP contribution < -0.4 is 10.6 Å². The van der Waals surface area contributed by atoms with Crippen molar-refractivity contribution in [2.24, 2.45) is 5.73 Å². The first-order valence-corrected chi connectivity index (χ1v) is 8.07. The molecule has 2 aromatic rings. The van der Waals surface area contributed by atoms with Crippen LogP contribution in [0.3, 0.4) is 0 Å². The number of hydrogen-bond acceptors (Lipinski definition) is 6. The molecule has 0 bridgehead atoms. The molecule has 1 saturated heterocycles. The lowest BCUT2D eigenvalue weighted by Crippen LogP contribution is -2.54. The Hall–Kier alpha value is -1.73. The van der Waals surface area contributed by atoms with Gasteiger partial charge < -0.3 is 15.5 Å². The highest BCUT2D eigenvalue weighted by Crippen LogP contribution is 2.35. The predicted molar refractivity (Wildman–Crippen MR) is 82.4 cm³/mol. The lowest BCUT2D eigenvalue weighted by molar-refractivity contribution is -0.133. The maximum Gasteiger partial charge on any atom is 0.242 e. The summed E-state index contributed by atoms with van der Waals surface area (Å²) >= 11 is 1.66. The molecule has 2 aliphatic rings. The van der Waals surface area contributed by atoms with E-state index >= 15 is 0 Å². The molecule has 0 unspecified atom stereocenters. The highest BCUT2D eigenvalue weighted by Gasteiger charge is 2.48. The van der Waals surface area contributed by atoms with Crippen LogP contribution in [-0.4, -0.2) is 52.5 Å². The third-order valence-corrected chi connectivity index (χ3v) is 5.20. The SMILES string of the molecule is NC1(C(=O)N2CCN(c3ncnc4ccsc34)CC2)CC1. The second-order valence-corrected chi connectivity index (χ2v) is 6.68. The fraction of sp³-hybridized carbons (Fsp3) is 0.500. The normalized spacial score (nSPS) is 20.8. The number of fused-ring (bicyclic) bond motifs is 1. The van der Waals surface area contributed by atoms with Crippen LogP contribution in [0.15, 0.2) is 17.8 Å². The number of nitrogens with zero attached hydrogens (tertiary/aromatic N) is 4. The van der Waals surface area contributed by atoms with E-state index < -0.39 is 5.54 Å².